The van der Waals surface area contributed by atoms with E-state index in [1.165, 1.54) is 6.42 Å². The van der Waals surface area contributed by atoms with Crippen molar-refractivity contribution >= 4 is 22.8 Å². The van der Waals surface area contributed by atoms with Gasteiger partial charge in [0, 0.05) is 12.7 Å². The number of alkyl halides is 1. The van der Waals surface area contributed by atoms with E-state index in [1.807, 2.05) is 25.3 Å². The van der Waals surface area contributed by atoms with E-state index in [-0.39, 0.29) is 5.38 Å². The Morgan fingerprint density at radius 3 is 2.89 bits per heavy atom. The van der Waals surface area contributed by atoms with E-state index >= 15 is 0 Å². The van der Waals surface area contributed by atoms with Gasteiger partial charge < -0.3 is 4.57 Å². The molecular formula is C14H18ClN3. The molecular weight excluding hydrogens is 246 g/mol. The molecule has 4 heteroatoms. The van der Waals surface area contributed by atoms with Gasteiger partial charge in [-0.05, 0) is 36.8 Å². The Hall–Kier alpha value is -1.09. The molecule has 2 unspecified atom stereocenters. The van der Waals surface area contributed by atoms with E-state index in [0.29, 0.717) is 11.3 Å². The summed E-state index contributed by atoms with van der Waals surface area (Å²) in [5.41, 5.74) is 2.36. The highest BCUT2D eigenvalue weighted by Crippen LogP contribution is 2.52. The van der Waals surface area contributed by atoms with Gasteiger partial charge in [-0.3, -0.25) is 0 Å². The number of fused-ring (bicyclic) bond motifs is 1. The average molecular weight is 264 g/mol. The fraction of sp³-hybridized carbons (Fsp3) is 0.571. The van der Waals surface area contributed by atoms with Crippen LogP contribution < -0.4 is 0 Å². The van der Waals surface area contributed by atoms with Gasteiger partial charge in [0.2, 0.25) is 0 Å². The molecule has 0 aromatic carbocycles. The second-order valence-corrected chi connectivity index (χ2v) is 6.59. The maximum atomic E-state index is 6.24. The Kier molecular flexibility index (Phi) is 2.63. The maximum absolute atomic E-state index is 6.24. The molecule has 2 atom stereocenters. The van der Waals surface area contributed by atoms with Crippen LogP contribution in [0.2, 0.25) is 0 Å². The second-order valence-electron chi connectivity index (χ2n) is 5.93. The number of halogens is 1. The van der Waals surface area contributed by atoms with Crippen LogP contribution in [-0.2, 0) is 6.54 Å². The van der Waals surface area contributed by atoms with Crippen LogP contribution in [-0.4, -0.2) is 14.5 Å². The minimum Gasteiger partial charge on any atom is -0.311 e. The van der Waals surface area contributed by atoms with Gasteiger partial charge in [0.1, 0.15) is 11.3 Å². The van der Waals surface area contributed by atoms with Gasteiger partial charge in [0.25, 0.3) is 0 Å². The summed E-state index contributed by atoms with van der Waals surface area (Å²) in [6.45, 7) is 7.58. The molecule has 1 aliphatic rings. The number of imidazole rings is 1. The molecule has 2 aromatic rings. The van der Waals surface area contributed by atoms with Gasteiger partial charge in [0.15, 0.2) is 5.65 Å². The van der Waals surface area contributed by atoms with Crippen LogP contribution in [0.5, 0.6) is 0 Å². The minimum absolute atomic E-state index is 0.0823. The Morgan fingerprint density at radius 1 is 1.56 bits per heavy atom. The normalized spacial score (nSPS) is 23.2. The van der Waals surface area contributed by atoms with Crippen LogP contribution in [0, 0.1) is 11.3 Å². The van der Waals surface area contributed by atoms with Crippen molar-refractivity contribution in [3.63, 3.8) is 0 Å². The molecule has 18 heavy (non-hydrogen) atoms. The molecule has 0 aliphatic heterocycles. The predicted octanol–water partition coefficient (Wildman–Crippen LogP) is 3.78. The van der Waals surface area contributed by atoms with Crippen LogP contribution in [0.15, 0.2) is 18.3 Å². The highest BCUT2D eigenvalue weighted by atomic mass is 35.5. The lowest BCUT2D eigenvalue weighted by Crippen LogP contribution is -2.09. The summed E-state index contributed by atoms with van der Waals surface area (Å²) in [5.74, 6) is 1.65. The van der Waals surface area contributed by atoms with Crippen LogP contribution in [0.25, 0.3) is 11.2 Å². The first-order valence-corrected chi connectivity index (χ1v) is 6.88. The minimum atomic E-state index is -0.0823. The molecule has 0 saturated heterocycles. The van der Waals surface area contributed by atoms with Crippen molar-refractivity contribution in [2.24, 2.45) is 11.3 Å². The maximum Gasteiger partial charge on any atom is 0.160 e. The monoisotopic (exact) mass is 263 g/mol. The first-order chi connectivity index (χ1) is 8.49. The molecule has 1 fully saturated rings. The van der Waals surface area contributed by atoms with E-state index in [0.717, 1.165) is 23.5 Å². The number of hydrogen-bond donors (Lipinski definition) is 0. The summed E-state index contributed by atoms with van der Waals surface area (Å²) in [7, 11) is 0. The summed E-state index contributed by atoms with van der Waals surface area (Å²) in [6, 6.07) is 3.92. The third-order valence-corrected chi connectivity index (χ3v) is 4.20. The first-order valence-electron chi connectivity index (χ1n) is 6.44. The summed E-state index contributed by atoms with van der Waals surface area (Å²) in [6.07, 6.45) is 3.09. The summed E-state index contributed by atoms with van der Waals surface area (Å²) < 4.78 is 2.20. The van der Waals surface area contributed by atoms with Crippen molar-refractivity contribution in [2.45, 2.75) is 39.1 Å². The second kappa shape index (κ2) is 3.95. The van der Waals surface area contributed by atoms with Crippen LogP contribution in [0.4, 0.5) is 0 Å². The standard InChI is InChI=1S/C14H18ClN3/c1-9(15)12-17-11-5-4-6-16-13(11)18(12)8-10-7-14(10,2)3/h4-6,9-10H,7-8H2,1-3H3. The van der Waals surface area contributed by atoms with Crippen molar-refractivity contribution in [1.29, 1.82) is 0 Å². The largest absolute Gasteiger partial charge is 0.311 e. The SMILES string of the molecule is CC(Cl)c1nc2cccnc2n1CC1CC1(C)C. The van der Waals surface area contributed by atoms with E-state index in [1.54, 1.807) is 0 Å². The smallest absolute Gasteiger partial charge is 0.160 e. The van der Waals surface area contributed by atoms with Gasteiger partial charge in [-0.2, -0.15) is 0 Å². The summed E-state index contributed by atoms with van der Waals surface area (Å²) >= 11 is 6.24. The lowest BCUT2D eigenvalue weighted by molar-refractivity contribution is 0.494. The number of aromatic nitrogens is 3. The van der Waals surface area contributed by atoms with Crippen molar-refractivity contribution in [1.82, 2.24) is 14.5 Å². The average Bonchev–Trinajstić information content (AvgIpc) is 2.76. The zero-order valence-corrected chi connectivity index (χ0v) is 11.8. The number of rotatable bonds is 3. The topological polar surface area (TPSA) is 30.7 Å². The van der Waals surface area contributed by atoms with Crippen LogP contribution >= 0.6 is 11.6 Å². The molecule has 1 saturated carbocycles. The number of hydrogen-bond acceptors (Lipinski definition) is 2. The molecule has 2 heterocycles. The zero-order chi connectivity index (χ0) is 12.9. The molecule has 0 bridgehead atoms. The van der Waals surface area contributed by atoms with E-state index in [2.05, 4.69) is 28.4 Å². The number of pyridine rings is 1. The van der Waals surface area contributed by atoms with Crippen LogP contribution in [0.3, 0.4) is 0 Å². The molecule has 0 amide bonds. The lowest BCUT2D eigenvalue weighted by Gasteiger charge is -2.10. The Labute approximate surface area is 112 Å². The summed E-state index contributed by atoms with van der Waals surface area (Å²) in [5, 5.41) is -0.0823. The fourth-order valence-electron chi connectivity index (χ4n) is 2.57. The summed E-state index contributed by atoms with van der Waals surface area (Å²) in [4.78, 5) is 9.06. The van der Waals surface area contributed by atoms with Gasteiger partial charge >= 0.3 is 0 Å². The van der Waals surface area contributed by atoms with Crippen molar-refractivity contribution in [2.75, 3.05) is 0 Å². The van der Waals surface area contributed by atoms with Crippen LogP contribution in [0.1, 0.15) is 38.4 Å². The van der Waals surface area contributed by atoms with Crippen molar-refractivity contribution in [3.8, 4) is 0 Å². The van der Waals surface area contributed by atoms with Gasteiger partial charge in [-0.1, -0.05) is 13.8 Å². The molecule has 3 nitrogen and oxygen atoms in total. The zero-order valence-electron chi connectivity index (χ0n) is 11.0. The number of nitrogens with zero attached hydrogens (tertiary/aromatic N) is 3. The van der Waals surface area contributed by atoms with Gasteiger partial charge in [-0.15, -0.1) is 11.6 Å². The first kappa shape index (κ1) is 12.0. The molecule has 96 valence electrons. The quantitative estimate of drug-likeness (QED) is 0.789. The Balaban J connectivity index is 2.04. The predicted molar refractivity (Wildman–Crippen MR) is 73.7 cm³/mol. The third-order valence-electron chi connectivity index (χ3n) is 4.01. The van der Waals surface area contributed by atoms with Gasteiger partial charge in [0.05, 0.1) is 5.38 Å². The van der Waals surface area contributed by atoms with E-state index in [9.17, 15) is 0 Å². The Bertz CT molecular complexity index is 586. The highest BCUT2D eigenvalue weighted by molar-refractivity contribution is 6.20. The van der Waals surface area contributed by atoms with Gasteiger partial charge in [-0.25, -0.2) is 9.97 Å². The Morgan fingerprint density at radius 2 is 2.28 bits per heavy atom. The molecule has 0 spiro atoms. The lowest BCUT2D eigenvalue weighted by atomic mass is 10.1. The highest BCUT2D eigenvalue weighted by Gasteiger charge is 2.45. The molecule has 3 rings (SSSR count). The van der Waals surface area contributed by atoms with E-state index < -0.39 is 0 Å². The van der Waals surface area contributed by atoms with E-state index in [4.69, 9.17) is 11.6 Å². The molecule has 0 N–H and O–H groups in total. The van der Waals surface area contributed by atoms with Crippen molar-refractivity contribution < 1.29 is 0 Å². The molecule has 1 aliphatic carbocycles. The van der Waals surface area contributed by atoms with Crippen molar-refractivity contribution in [3.05, 3.63) is 24.2 Å². The molecule has 0 radical (unpaired) electrons. The third kappa shape index (κ3) is 1.91. The fourth-order valence-corrected chi connectivity index (χ4v) is 2.73. The molecule has 2 aromatic heterocycles.